The quantitative estimate of drug-likeness (QED) is 0.833. The Balaban J connectivity index is 2.08. The van der Waals surface area contributed by atoms with Crippen molar-refractivity contribution < 1.29 is 0 Å². The van der Waals surface area contributed by atoms with Gasteiger partial charge in [-0.3, -0.25) is 0 Å². The van der Waals surface area contributed by atoms with E-state index in [9.17, 15) is 0 Å². The number of nitrogens with one attached hydrogen (secondary N) is 1. The van der Waals surface area contributed by atoms with Gasteiger partial charge in [0.05, 0.1) is 0 Å². The molecule has 0 spiro atoms. The molecule has 0 radical (unpaired) electrons. The Hall–Kier alpha value is -1.60. The van der Waals surface area contributed by atoms with Crippen LogP contribution in [0.25, 0.3) is 0 Å². The summed E-state index contributed by atoms with van der Waals surface area (Å²) in [5.41, 5.74) is 4.05. The lowest BCUT2D eigenvalue weighted by Gasteiger charge is -2.22. The minimum atomic E-state index is 0.362. The summed E-state index contributed by atoms with van der Waals surface area (Å²) in [6.45, 7) is 6.60. The molecule has 0 saturated carbocycles. The summed E-state index contributed by atoms with van der Waals surface area (Å²) in [4.78, 5) is 0. The Kier molecular flexibility index (Phi) is 4.16. The van der Waals surface area contributed by atoms with Crippen LogP contribution in [0.1, 0.15) is 42.6 Å². The molecule has 0 bridgehead atoms. The van der Waals surface area contributed by atoms with E-state index in [1.165, 1.54) is 16.7 Å². The highest BCUT2D eigenvalue weighted by Crippen LogP contribution is 2.21. The van der Waals surface area contributed by atoms with Crippen molar-refractivity contribution >= 4 is 0 Å². The summed E-state index contributed by atoms with van der Waals surface area (Å²) in [6, 6.07) is 19.9. The van der Waals surface area contributed by atoms with Crippen LogP contribution in [0.4, 0.5) is 0 Å². The lowest BCUT2D eigenvalue weighted by Crippen LogP contribution is -2.23. The van der Waals surface area contributed by atoms with Gasteiger partial charge in [0.25, 0.3) is 0 Å². The minimum Gasteiger partial charge on any atom is -0.304 e. The summed E-state index contributed by atoms with van der Waals surface area (Å²) in [7, 11) is 0. The fourth-order valence-corrected chi connectivity index (χ4v) is 2.38. The molecule has 94 valence electrons. The number of benzene rings is 2. The molecule has 1 heteroatoms. The van der Waals surface area contributed by atoms with Crippen LogP contribution in [0, 0.1) is 6.92 Å². The number of rotatable bonds is 4. The first kappa shape index (κ1) is 12.8. The van der Waals surface area contributed by atoms with Crippen LogP contribution in [0.2, 0.25) is 0 Å². The molecule has 0 aromatic heterocycles. The minimum absolute atomic E-state index is 0.362. The molecule has 0 aliphatic rings. The van der Waals surface area contributed by atoms with E-state index in [-0.39, 0.29) is 0 Å². The van der Waals surface area contributed by atoms with E-state index in [0.717, 1.165) is 0 Å². The number of hydrogen-bond donors (Lipinski definition) is 1. The second-order valence-electron chi connectivity index (χ2n) is 4.88. The highest BCUT2D eigenvalue weighted by Gasteiger charge is 2.11. The number of hydrogen-bond acceptors (Lipinski definition) is 1. The smallest absolute Gasteiger partial charge is 0.0300 e. The molecular formula is C17H21N. The Labute approximate surface area is 110 Å². The summed E-state index contributed by atoms with van der Waals surface area (Å²) in [5.74, 6) is 0. The van der Waals surface area contributed by atoms with Crippen molar-refractivity contribution in [1.29, 1.82) is 0 Å². The molecule has 18 heavy (non-hydrogen) atoms. The Morgan fingerprint density at radius 2 is 1.39 bits per heavy atom. The monoisotopic (exact) mass is 239 g/mol. The molecular weight excluding hydrogens is 218 g/mol. The third-order valence-corrected chi connectivity index (χ3v) is 3.45. The lowest BCUT2D eigenvalue weighted by atomic mass is 10.0. The maximum absolute atomic E-state index is 3.65. The van der Waals surface area contributed by atoms with Gasteiger partial charge >= 0.3 is 0 Å². The van der Waals surface area contributed by atoms with Gasteiger partial charge in [0.1, 0.15) is 0 Å². The van der Waals surface area contributed by atoms with E-state index in [0.29, 0.717) is 12.1 Å². The van der Waals surface area contributed by atoms with Crippen molar-refractivity contribution in [1.82, 2.24) is 5.32 Å². The molecule has 0 heterocycles. The van der Waals surface area contributed by atoms with Crippen LogP contribution in [0.5, 0.6) is 0 Å². The normalized spacial score (nSPS) is 14.2. The van der Waals surface area contributed by atoms with Gasteiger partial charge in [-0.25, -0.2) is 0 Å². The maximum Gasteiger partial charge on any atom is 0.0300 e. The highest BCUT2D eigenvalue weighted by molar-refractivity contribution is 5.29. The molecule has 0 amide bonds. The van der Waals surface area contributed by atoms with Crippen molar-refractivity contribution in [2.45, 2.75) is 32.9 Å². The summed E-state index contributed by atoms with van der Waals surface area (Å²) in [5, 5.41) is 3.65. The van der Waals surface area contributed by atoms with E-state index in [4.69, 9.17) is 0 Å². The highest BCUT2D eigenvalue weighted by atomic mass is 14.9. The van der Waals surface area contributed by atoms with Gasteiger partial charge in [0.15, 0.2) is 0 Å². The van der Waals surface area contributed by atoms with E-state index >= 15 is 0 Å². The van der Waals surface area contributed by atoms with Crippen LogP contribution < -0.4 is 5.32 Å². The van der Waals surface area contributed by atoms with E-state index in [2.05, 4.69) is 80.7 Å². The summed E-state index contributed by atoms with van der Waals surface area (Å²) in [6.07, 6.45) is 0. The van der Waals surface area contributed by atoms with Crippen LogP contribution in [-0.4, -0.2) is 0 Å². The largest absolute Gasteiger partial charge is 0.304 e. The molecule has 2 aromatic rings. The van der Waals surface area contributed by atoms with Gasteiger partial charge in [-0.1, -0.05) is 54.6 Å². The van der Waals surface area contributed by atoms with Gasteiger partial charge in [-0.05, 0) is 37.5 Å². The fraction of sp³-hybridized carbons (Fsp3) is 0.294. The van der Waals surface area contributed by atoms with E-state index in [1.807, 2.05) is 0 Å². The summed E-state index contributed by atoms with van der Waals surface area (Å²) < 4.78 is 0. The molecule has 2 aromatic carbocycles. The molecule has 2 atom stereocenters. The molecule has 1 nitrogen and oxygen atoms in total. The van der Waals surface area contributed by atoms with Gasteiger partial charge in [-0.2, -0.15) is 0 Å². The zero-order valence-corrected chi connectivity index (χ0v) is 11.4. The zero-order valence-electron chi connectivity index (χ0n) is 11.4. The SMILES string of the molecule is Cc1ccccc1[C@H](C)N[C@@H](C)c1ccccc1. The van der Waals surface area contributed by atoms with Crippen LogP contribution in [0.15, 0.2) is 54.6 Å². The first-order chi connectivity index (χ1) is 8.68. The molecule has 0 aliphatic heterocycles. The van der Waals surface area contributed by atoms with Gasteiger partial charge in [0, 0.05) is 12.1 Å². The summed E-state index contributed by atoms with van der Waals surface area (Å²) >= 11 is 0. The van der Waals surface area contributed by atoms with Crippen LogP contribution in [0.3, 0.4) is 0 Å². The van der Waals surface area contributed by atoms with Crippen LogP contribution in [-0.2, 0) is 0 Å². The van der Waals surface area contributed by atoms with Crippen LogP contribution >= 0.6 is 0 Å². The first-order valence-electron chi connectivity index (χ1n) is 6.55. The van der Waals surface area contributed by atoms with Gasteiger partial charge in [-0.15, -0.1) is 0 Å². The average molecular weight is 239 g/mol. The van der Waals surface area contributed by atoms with Gasteiger partial charge in [0.2, 0.25) is 0 Å². The molecule has 0 aliphatic carbocycles. The van der Waals surface area contributed by atoms with Crippen molar-refractivity contribution in [2.24, 2.45) is 0 Å². The average Bonchev–Trinajstić information content (AvgIpc) is 2.40. The van der Waals surface area contributed by atoms with Crippen molar-refractivity contribution in [3.8, 4) is 0 Å². The lowest BCUT2D eigenvalue weighted by molar-refractivity contribution is 0.493. The molecule has 0 unspecified atom stereocenters. The molecule has 0 saturated heterocycles. The second kappa shape index (κ2) is 5.83. The third kappa shape index (κ3) is 2.99. The topological polar surface area (TPSA) is 12.0 Å². The Morgan fingerprint density at radius 3 is 2.06 bits per heavy atom. The molecule has 2 rings (SSSR count). The Bertz CT molecular complexity index is 490. The molecule has 0 fully saturated rings. The predicted octanol–water partition coefficient (Wildman–Crippen LogP) is 4.41. The Morgan fingerprint density at radius 1 is 0.778 bits per heavy atom. The predicted molar refractivity (Wildman–Crippen MR) is 77.6 cm³/mol. The first-order valence-corrected chi connectivity index (χ1v) is 6.55. The fourth-order valence-electron chi connectivity index (χ4n) is 2.38. The van der Waals surface area contributed by atoms with Crippen molar-refractivity contribution in [2.75, 3.05) is 0 Å². The van der Waals surface area contributed by atoms with Gasteiger partial charge < -0.3 is 5.32 Å². The van der Waals surface area contributed by atoms with E-state index in [1.54, 1.807) is 0 Å². The van der Waals surface area contributed by atoms with E-state index < -0.39 is 0 Å². The molecule has 1 N–H and O–H groups in total. The maximum atomic E-state index is 3.65. The van der Waals surface area contributed by atoms with Crippen molar-refractivity contribution in [3.05, 3.63) is 71.3 Å². The third-order valence-electron chi connectivity index (χ3n) is 3.45. The van der Waals surface area contributed by atoms with Crippen molar-refractivity contribution in [3.63, 3.8) is 0 Å². The second-order valence-corrected chi connectivity index (χ2v) is 4.88. The standard InChI is InChI=1S/C17H21N/c1-13-9-7-8-12-17(13)15(3)18-14(2)16-10-5-4-6-11-16/h4-12,14-15,18H,1-3H3/t14-,15-/m0/s1. The number of aryl methyl sites for hydroxylation is 1. The zero-order chi connectivity index (χ0) is 13.0.